The number of Topliss-reactive ketones (excluding diaryl/α,β-unsaturated/α-hetero) is 1. The van der Waals surface area contributed by atoms with Crippen LogP contribution < -0.4 is 10.2 Å². The number of nitriles is 2. The van der Waals surface area contributed by atoms with Gasteiger partial charge in [0.2, 0.25) is 0 Å². The fraction of sp³-hybridized carbons (Fsp3) is 0.500. The highest BCUT2D eigenvalue weighted by atomic mass is 16.6. The number of nitrogens with zero attached hydrogens (tertiary/aromatic N) is 9. The van der Waals surface area contributed by atoms with Crippen molar-refractivity contribution in [3.05, 3.63) is 22.5 Å². The molecule has 1 amide bonds. The zero-order chi connectivity index (χ0) is 26.7. The number of hydrogen-bond acceptors (Lipinski definition) is 11. The van der Waals surface area contributed by atoms with Gasteiger partial charge in [-0.15, -0.1) is 10.2 Å². The Kier molecular flexibility index (Phi) is 7.45. The molecule has 2 aromatic rings. The highest BCUT2D eigenvalue weighted by Gasteiger charge is 2.33. The van der Waals surface area contributed by atoms with E-state index >= 15 is 0 Å². The van der Waals surface area contributed by atoms with E-state index in [1.165, 1.54) is 9.47 Å². The van der Waals surface area contributed by atoms with Gasteiger partial charge >= 0.3 is 0 Å². The van der Waals surface area contributed by atoms with Crippen LogP contribution in [0.1, 0.15) is 47.1 Å². The van der Waals surface area contributed by atoms with Gasteiger partial charge in [-0.2, -0.15) is 15.5 Å². The highest BCUT2D eigenvalue weighted by molar-refractivity contribution is 6.02. The van der Waals surface area contributed by atoms with E-state index in [4.69, 9.17) is 9.72 Å². The number of hydrogen-bond donors (Lipinski definition) is 1. The van der Waals surface area contributed by atoms with Crippen molar-refractivity contribution in [2.45, 2.75) is 39.3 Å². The van der Waals surface area contributed by atoms with Crippen molar-refractivity contribution in [3.8, 4) is 12.1 Å². The molecule has 4 rings (SSSR count). The van der Waals surface area contributed by atoms with Crippen LogP contribution in [0.2, 0.25) is 0 Å². The molecule has 2 aliphatic heterocycles. The van der Waals surface area contributed by atoms with Crippen LogP contribution in [0.25, 0.3) is 0 Å². The number of carbonyl (C=O) groups excluding carboxylic acids is 2. The molecule has 0 aliphatic carbocycles. The second kappa shape index (κ2) is 10.7. The summed E-state index contributed by atoms with van der Waals surface area (Å²) < 4.78 is 6.30. The number of azo groups is 1. The maximum Gasteiger partial charge on any atom is 0.257 e. The fourth-order valence-corrected chi connectivity index (χ4v) is 4.17. The molecule has 0 saturated carbocycles. The van der Waals surface area contributed by atoms with Crippen LogP contribution in [0.4, 0.5) is 23.3 Å². The molecule has 0 bridgehead atoms. The maximum atomic E-state index is 13.2. The molecule has 2 saturated heterocycles. The lowest BCUT2D eigenvalue weighted by atomic mass is 10.1. The Labute approximate surface area is 214 Å². The first kappa shape index (κ1) is 25.7. The molecule has 1 N–H and O–H groups in total. The minimum absolute atomic E-state index is 0.0759. The smallest absolute Gasteiger partial charge is 0.257 e. The van der Waals surface area contributed by atoms with Gasteiger partial charge in [0.05, 0.1) is 18.7 Å². The SMILES string of the molecule is CCNc1nc(N2CCCC2)c(C(=O)N(C)C)c(C)c1N=Nc1nc(C#N)c(C#N)n1CC(=O)C1CO1. The predicted octanol–water partition coefficient (Wildman–Crippen LogP) is 2.45. The lowest BCUT2D eigenvalue weighted by Crippen LogP contribution is -2.29. The molecule has 0 spiro atoms. The van der Waals surface area contributed by atoms with Crippen molar-refractivity contribution < 1.29 is 14.3 Å². The molecule has 0 aromatic carbocycles. The Morgan fingerprint density at radius 1 is 1.19 bits per heavy atom. The number of ketones is 1. The van der Waals surface area contributed by atoms with E-state index < -0.39 is 6.10 Å². The Balaban J connectivity index is 1.84. The molecule has 2 aliphatic rings. The normalized spacial score (nSPS) is 16.5. The number of amides is 1. The summed E-state index contributed by atoms with van der Waals surface area (Å²) in [6.45, 7) is 5.95. The van der Waals surface area contributed by atoms with Crippen molar-refractivity contribution in [1.82, 2.24) is 19.4 Å². The average molecular weight is 505 g/mol. The topological polar surface area (TPSA) is 168 Å². The quantitative estimate of drug-likeness (QED) is 0.398. The lowest BCUT2D eigenvalue weighted by Gasteiger charge is -2.25. The van der Waals surface area contributed by atoms with Crippen molar-refractivity contribution in [2.75, 3.05) is 50.6 Å². The third-order valence-corrected chi connectivity index (χ3v) is 6.17. The molecule has 1 atom stereocenters. The summed E-state index contributed by atoms with van der Waals surface area (Å²) in [4.78, 5) is 38.1. The van der Waals surface area contributed by atoms with E-state index in [2.05, 4.69) is 25.4 Å². The van der Waals surface area contributed by atoms with Crippen LogP contribution in [-0.4, -0.2) is 77.6 Å². The number of imidazole rings is 1. The van der Waals surface area contributed by atoms with Gasteiger partial charge in [0.25, 0.3) is 11.9 Å². The molecule has 192 valence electrons. The van der Waals surface area contributed by atoms with E-state index in [0.29, 0.717) is 41.6 Å². The van der Waals surface area contributed by atoms with Gasteiger partial charge in [0.1, 0.15) is 29.7 Å². The highest BCUT2D eigenvalue weighted by Crippen LogP contribution is 2.38. The van der Waals surface area contributed by atoms with E-state index in [9.17, 15) is 20.1 Å². The third kappa shape index (κ3) is 5.13. The first-order valence-corrected chi connectivity index (χ1v) is 12.0. The monoisotopic (exact) mass is 504 g/mol. The van der Waals surface area contributed by atoms with Crippen LogP contribution in [0, 0.1) is 29.6 Å². The molecule has 37 heavy (non-hydrogen) atoms. The van der Waals surface area contributed by atoms with Crippen molar-refractivity contribution >= 4 is 35.0 Å². The van der Waals surface area contributed by atoms with Crippen molar-refractivity contribution in [2.24, 2.45) is 10.2 Å². The van der Waals surface area contributed by atoms with Crippen LogP contribution >= 0.6 is 0 Å². The molecule has 4 heterocycles. The number of anilines is 2. The summed E-state index contributed by atoms with van der Waals surface area (Å²) in [5.41, 5.74) is 1.10. The Morgan fingerprint density at radius 2 is 1.89 bits per heavy atom. The summed E-state index contributed by atoms with van der Waals surface area (Å²) >= 11 is 0. The zero-order valence-electron chi connectivity index (χ0n) is 21.3. The van der Waals surface area contributed by atoms with Crippen molar-refractivity contribution in [3.63, 3.8) is 0 Å². The molecule has 13 heteroatoms. The summed E-state index contributed by atoms with van der Waals surface area (Å²) in [7, 11) is 3.36. The minimum atomic E-state index is -0.534. The molecule has 2 fully saturated rings. The summed E-state index contributed by atoms with van der Waals surface area (Å²) in [5.74, 6) is 0.505. The van der Waals surface area contributed by atoms with Crippen LogP contribution in [-0.2, 0) is 16.1 Å². The average Bonchev–Trinajstić information content (AvgIpc) is 3.48. The number of epoxide rings is 1. The largest absolute Gasteiger partial charge is 0.368 e. The molecular formula is C24H28N10O3. The summed E-state index contributed by atoms with van der Waals surface area (Å²) in [6.07, 6.45) is 1.50. The Bertz CT molecular complexity index is 1340. The number of pyridine rings is 1. The number of rotatable bonds is 9. The summed E-state index contributed by atoms with van der Waals surface area (Å²) in [6, 6.07) is 3.78. The predicted molar refractivity (Wildman–Crippen MR) is 133 cm³/mol. The molecule has 2 aromatic heterocycles. The third-order valence-electron chi connectivity index (χ3n) is 6.17. The number of carbonyl (C=O) groups is 2. The Morgan fingerprint density at radius 3 is 2.46 bits per heavy atom. The Hall–Kier alpha value is -4.36. The van der Waals surface area contributed by atoms with Gasteiger partial charge in [-0.25, -0.2) is 4.98 Å². The van der Waals surface area contributed by atoms with Gasteiger partial charge in [-0.3, -0.25) is 14.2 Å². The lowest BCUT2D eigenvalue weighted by molar-refractivity contribution is -0.120. The number of ether oxygens (including phenoxy) is 1. The van der Waals surface area contributed by atoms with E-state index in [0.717, 1.165) is 25.9 Å². The molecule has 0 radical (unpaired) electrons. The van der Waals surface area contributed by atoms with Gasteiger partial charge in [0, 0.05) is 33.7 Å². The van der Waals surface area contributed by atoms with Gasteiger partial charge in [0.15, 0.2) is 23.0 Å². The van der Waals surface area contributed by atoms with E-state index in [1.807, 2.05) is 19.1 Å². The standard InChI is InChI=1S/C24H28N10O3/c1-5-27-21-20(14(2)19(23(36)32(3)4)22(29-21)33-8-6-7-9-33)30-31-24-28-15(10-25)16(11-26)34(24)12-17(35)18-13-37-18/h18H,5-9,12-13H2,1-4H3,(H,27,29). The van der Waals surface area contributed by atoms with Crippen LogP contribution in [0.5, 0.6) is 0 Å². The molecular weight excluding hydrogens is 476 g/mol. The molecule has 1 unspecified atom stereocenters. The van der Waals surface area contributed by atoms with Gasteiger partial charge < -0.3 is 19.9 Å². The zero-order valence-corrected chi connectivity index (χ0v) is 21.3. The van der Waals surface area contributed by atoms with E-state index in [-0.39, 0.29) is 35.6 Å². The first-order valence-electron chi connectivity index (χ1n) is 12.0. The van der Waals surface area contributed by atoms with Crippen LogP contribution in [0.15, 0.2) is 10.2 Å². The van der Waals surface area contributed by atoms with E-state index in [1.54, 1.807) is 21.0 Å². The molecule has 13 nitrogen and oxygen atoms in total. The number of aromatic nitrogens is 3. The first-order chi connectivity index (χ1) is 17.8. The van der Waals surface area contributed by atoms with Crippen molar-refractivity contribution in [1.29, 1.82) is 10.5 Å². The second-order valence-electron chi connectivity index (χ2n) is 8.96. The van der Waals surface area contributed by atoms with Gasteiger partial charge in [-0.1, -0.05) is 0 Å². The number of nitrogens with one attached hydrogen (secondary N) is 1. The maximum absolute atomic E-state index is 13.2. The summed E-state index contributed by atoms with van der Waals surface area (Å²) in [5, 5.41) is 30.8. The minimum Gasteiger partial charge on any atom is -0.368 e. The second-order valence-corrected chi connectivity index (χ2v) is 8.96. The van der Waals surface area contributed by atoms with Gasteiger partial charge in [-0.05, 0) is 32.3 Å². The fourth-order valence-electron chi connectivity index (χ4n) is 4.17. The van der Waals surface area contributed by atoms with Crippen LogP contribution in [0.3, 0.4) is 0 Å².